The fraction of sp³-hybridized carbons (Fsp3) is 0.818. The molecule has 90 valence electrons. The van der Waals surface area contributed by atoms with Gasteiger partial charge in [-0.15, -0.1) is 0 Å². The molecular formula is C11H18N2O2S. The smallest absolute Gasteiger partial charge is 0.209 e. The van der Waals surface area contributed by atoms with Gasteiger partial charge in [-0.25, -0.2) is 13.1 Å². The van der Waals surface area contributed by atoms with Crippen molar-refractivity contribution >= 4 is 10.0 Å². The summed E-state index contributed by atoms with van der Waals surface area (Å²) in [4.78, 5) is 0. The van der Waals surface area contributed by atoms with Crippen molar-refractivity contribution in [2.45, 2.75) is 37.3 Å². The van der Waals surface area contributed by atoms with Crippen LogP contribution in [0, 0.1) is 11.8 Å². The Morgan fingerprint density at radius 2 is 2.25 bits per heavy atom. The predicted octanol–water partition coefficient (Wildman–Crippen LogP) is 0.362. The molecule has 2 bridgehead atoms. The van der Waals surface area contributed by atoms with Crippen LogP contribution < -0.4 is 10.5 Å². The van der Waals surface area contributed by atoms with Crippen LogP contribution in [0.5, 0.6) is 0 Å². The molecule has 2 fully saturated rings. The Balaban J connectivity index is 1.93. The molecule has 0 amide bonds. The highest BCUT2D eigenvalue weighted by Crippen LogP contribution is 2.55. The lowest BCUT2D eigenvalue weighted by Crippen LogP contribution is -2.47. The average Bonchev–Trinajstić information content (AvgIpc) is 2.56. The number of hydrogen-bond donors (Lipinski definition) is 2. The summed E-state index contributed by atoms with van der Waals surface area (Å²) in [5.41, 5.74) is 7.35. The third-order valence-corrected chi connectivity index (χ3v) is 5.21. The van der Waals surface area contributed by atoms with Crippen molar-refractivity contribution < 1.29 is 8.42 Å². The minimum absolute atomic E-state index is 0.232. The first-order valence-electron chi connectivity index (χ1n) is 5.82. The topological polar surface area (TPSA) is 72.2 Å². The third-order valence-electron chi connectivity index (χ3n) is 4.41. The Kier molecular flexibility index (Phi) is 2.07. The van der Waals surface area contributed by atoms with Gasteiger partial charge < -0.3 is 5.73 Å². The van der Waals surface area contributed by atoms with Crippen molar-refractivity contribution in [2.75, 3.05) is 6.26 Å². The molecule has 0 heterocycles. The summed E-state index contributed by atoms with van der Waals surface area (Å²) >= 11 is 0. The minimum Gasteiger partial charge on any atom is -0.327 e. The highest BCUT2D eigenvalue weighted by Gasteiger charge is 2.54. The number of sulfonamides is 1. The molecule has 4 nitrogen and oxygen atoms in total. The van der Waals surface area contributed by atoms with E-state index >= 15 is 0 Å². The quantitative estimate of drug-likeness (QED) is 0.687. The number of nitrogens with one attached hydrogen (secondary N) is 1. The zero-order chi connectivity index (χ0) is 11.6. The van der Waals surface area contributed by atoms with E-state index in [9.17, 15) is 8.42 Å². The minimum atomic E-state index is -3.12. The summed E-state index contributed by atoms with van der Waals surface area (Å²) in [6.07, 6.45) is 7.18. The second-order valence-electron chi connectivity index (χ2n) is 5.68. The summed E-state index contributed by atoms with van der Waals surface area (Å²) in [6.45, 7) is 0. The van der Waals surface area contributed by atoms with E-state index in [1.54, 1.807) is 0 Å². The molecule has 0 aliphatic heterocycles. The first kappa shape index (κ1) is 10.7. The van der Waals surface area contributed by atoms with Crippen molar-refractivity contribution in [3.63, 3.8) is 0 Å². The third kappa shape index (κ3) is 1.53. The van der Waals surface area contributed by atoms with E-state index in [0.717, 1.165) is 25.7 Å². The molecule has 16 heavy (non-hydrogen) atoms. The Bertz CT molecular complexity index is 457. The predicted molar refractivity (Wildman–Crippen MR) is 62.2 cm³/mol. The average molecular weight is 242 g/mol. The second-order valence-corrected chi connectivity index (χ2v) is 7.43. The van der Waals surface area contributed by atoms with Crippen LogP contribution in [-0.4, -0.2) is 26.3 Å². The molecule has 0 aromatic heterocycles. The standard InChI is InChI=1S/C11H18N2O2S/c1-16(14,15)13-11-3-2-7-4-10(12)9(6-11)8(7)5-11/h2,8-10,13H,3-6,12H2,1H3. The summed E-state index contributed by atoms with van der Waals surface area (Å²) < 4.78 is 25.7. The number of nitrogens with two attached hydrogens (primary N) is 1. The van der Waals surface area contributed by atoms with Crippen LogP contribution in [0.3, 0.4) is 0 Å². The molecule has 0 spiro atoms. The summed E-state index contributed by atoms with van der Waals surface area (Å²) in [7, 11) is -3.12. The van der Waals surface area contributed by atoms with E-state index in [-0.39, 0.29) is 11.6 Å². The molecule has 3 aliphatic carbocycles. The maximum absolute atomic E-state index is 11.4. The maximum Gasteiger partial charge on any atom is 0.209 e. The van der Waals surface area contributed by atoms with Crippen LogP contribution in [0.15, 0.2) is 11.6 Å². The Morgan fingerprint density at radius 3 is 2.94 bits per heavy atom. The van der Waals surface area contributed by atoms with Crippen LogP contribution in [0.2, 0.25) is 0 Å². The summed E-state index contributed by atoms with van der Waals surface area (Å²) in [5.74, 6) is 1.03. The second kappa shape index (κ2) is 3.09. The molecule has 5 heteroatoms. The van der Waals surface area contributed by atoms with Crippen LogP contribution in [0.25, 0.3) is 0 Å². The first-order valence-corrected chi connectivity index (χ1v) is 7.71. The highest BCUT2D eigenvalue weighted by molar-refractivity contribution is 7.88. The van der Waals surface area contributed by atoms with E-state index < -0.39 is 10.0 Å². The van der Waals surface area contributed by atoms with Crippen molar-refractivity contribution in [2.24, 2.45) is 17.6 Å². The lowest BCUT2D eigenvalue weighted by molar-refractivity contribution is 0.351. The van der Waals surface area contributed by atoms with E-state index in [1.807, 2.05) is 0 Å². The largest absolute Gasteiger partial charge is 0.327 e. The molecule has 0 aromatic carbocycles. The number of hydrogen-bond acceptors (Lipinski definition) is 3. The molecule has 0 saturated heterocycles. The van der Waals surface area contributed by atoms with Gasteiger partial charge in [0.1, 0.15) is 0 Å². The Labute approximate surface area is 96.3 Å². The van der Waals surface area contributed by atoms with Crippen molar-refractivity contribution in [3.05, 3.63) is 11.6 Å². The van der Waals surface area contributed by atoms with Crippen molar-refractivity contribution in [1.82, 2.24) is 4.72 Å². The normalized spacial score (nSPS) is 45.9. The lowest BCUT2D eigenvalue weighted by atomic mass is 9.84. The van der Waals surface area contributed by atoms with Crippen LogP contribution >= 0.6 is 0 Å². The van der Waals surface area contributed by atoms with E-state index in [4.69, 9.17) is 5.73 Å². The summed E-state index contributed by atoms with van der Waals surface area (Å²) in [5, 5.41) is 0. The van der Waals surface area contributed by atoms with Crippen LogP contribution in [0.4, 0.5) is 0 Å². The first-order chi connectivity index (χ1) is 7.39. The van der Waals surface area contributed by atoms with Gasteiger partial charge >= 0.3 is 0 Å². The van der Waals surface area contributed by atoms with Gasteiger partial charge in [0, 0.05) is 11.6 Å². The zero-order valence-corrected chi connectivity index (χ0v) is 10.3. The van der Waals surface area contributed by atoms with E-state index in [0.29, 0.717) is 11.8 Å². The number of fused-ring (bicyclic) bond motifs is 1. The van der Waals surface area contributed by atoms with Gasteiger partial charge in [0.25, 0.3) is 0 Å². The molecule has 3 rings (SSSR count). The monoisotopic (exact) mass is 242 g/mol. The van der Waals surface area contributed by atoms with Gasteiger partial charge in [-0.1, -0.05) is 11.6 Å². The van der Waals surface area contributed by atoms with E-state index in [2.05, 4.69) is 10.8 Å². The van der Waals surface area contributed by atoms with Gasteiger partial charge in [0.15, 0.2) is 0 Å². The fourth-order valence-corrected chi connectivity index (χ4v) is 4.96. The zero-order valence-electron chi connectivity index (χ0n) is 9.44. The molecule has 0 aromatic rings. The Hall–Kier alpha value is -0.390. The molecule has 4 unspecified atom stereocenters. The molecular weight excluding hydrogens is 224 g/mol. The van der Waals surface area contributed by atoms with Gasteiger partial charge in [0.05, 0.1) is 6.26 Å². The van der Waals surface area contributed by atoms with Crippen molar-refractivity contribution in [1.29, 1.82) is 0 Å². The molecule has 0 radical (unpaired) electrons. The van der Waals surface area contributed by atoms with Gasteiger partial charge in [-0.2, -0.15) is 0 Å². The van der Waals surface area contributed by atoms with Crippen LogP contribution in [0.1, 0.15) is 25.7 Å². The summed E-state index contributed by atoms with van der Waals surface area (Å²) in [6, 6.07) is 0.236. The SMILES string of the molecule is CS(=O)(=O)NC12CC=C3CC(N)C(C1)C3C2. The van der Waals surface area contributed by atoms with Crippen molar-refractivity contribution in [3.8, 4) is 0 Å². The van der Waals surface area contributed by atoms with E-state index in [1.165, 1.54) is 11.8 Å². The van der Waals surface area contributed by atoms with Crippen LogP contribution in [-0.2, 0) is 10.0 Å². The van der Waals surface area contributed by atoms with Gasteiger partial charge in [-0.05, 0) is 37.5 Å². The molecule has 2 saturated carbocycles. The Morgan fingerprint density at radius 1 is 1.50 bits per heavy atom. The van der Waals surface area contributed by atoms with Gasteiger partial charge in [-0.3, -0.25) is 0 Å². The maximum atomic E-state index is 11.4. The molecule has 4 atom stereocenters. The fourth-order valence-electron chi connectivity index (χ4n) is 3.93. The molecule has 3 N–H and O–H groups in total. The lowest BCUT2D eigenvalue weighted by Gasteiger charge is -2.33. The highest BCUT2D eigenvalue weighted by atomic mass is 32.2. The molecule has 3 aliphatic rings. The number of rotatable bonds is 2. The van der Waals surface area contributed by atoms with Gasteiger partial charge in [0.2, 0.25) is 10.0 Å².